The summed E-state index contributed by atoms with van der Waals surface area (Å²) in [6.07, 6.45) is 2.92. The van der Waals surface area contributed by atoms with E-state index in [1.165, 1.54) is 17.7 Å². The van der Waals surface area contributed by atoms with Gasteiger partial charge in [0.25, 0.3) is 0 Å². The maximum absolute atomic E-state index is 13.3. The SMILES string of the molecule is O=C(NCc1cc(F)cc(F)c1)[C@H]1C[C@@H](c2ccccc2)N2CCC[C@H]12. The van der Waals surface area contributed by atoms with E-state index in [1.807, 2.05) is 18.2 Å². The number of hydrogen-bond donors (Lipinski definition) is 1. The van der Waals surface area contributed by atoms with Crippen molar-refractivity contribution >= 4 is 5.91 Å². The predicted molar refractivity (Wildman–Crippen MR) is 95.2 cm³/mol. The lowest BCUT2D eigenvalue weighted by molar-refractivity contribution is -0.125. The lowest BCUT2D eigenvalue weighted by atomic mass is 9.93. The molecule has 0 radical (unpaired) electrons. The Labute approximate surface area is 152 Å². The molecule has 3 nitrogen and oxygen atoms in total. The second kappa shape index (κ2) is 7.16. The summed E-state index contributed by atoms with van der Waals surface area (Å²) in [5, 5.41) is 2.88. The van der Waals surface area contributed by atoms with E-state index in [0.717, 1.165) is 31.9 Å². The van der Waals surface area contributed by atoms with Gasteiger partial charge in [0.2, 0.25) is 5.91 Å². The van der Waals surface area contributed by atoms with Crippen molar-refractivity contribution in [3.05, 3.63) is 71.3 Å². The van der Waals surface area contributed by atoms with E-state index in [2.05, 4.69) is 22.3 Å². The van der Waals surface area contributed by atoms with Crippen molar-refractivity contribution in [3.8, 4) is 0 Å². The summed E-state index contributed by atoms with van der Waals surface area (Å²) in [5.41, 5.74) is 1.69. The standard InChI is InChI=1S/C21H22F2N2O/c22-16-9-14(10-17(23)11-16)13-24-21(26)18-12-20(15-5-2-1-3-6-15)25-8-4-7-19(18)25/h1-3,5-6,9-11,18-20H,4,7-8,12-13H2,(H,24,26)/t18-,19+,20-/m0/s1. The molecular formula is C21H22F2N2O. The summed E-state index contributed by atoms with van der Waals surface area (Å²) < 4.78 is 26.6. The highest BCUT2D eigenvalue weighted by Crippen LogP contribution is 2.44. The maximum Gasteiger partial charge on any atom is 0.225 e. The van der Waals surface area contributed by atoms with E-state index in [4.69, 9.17) is 0 Å². The third-order valence-corrected chi connectivity index (χ3v) is 5.59. The zero-order valence-corrected chi connectivity index (χ0v) is 14.5. The number of carbonyl (C=O) groups excluding carboxylic acids is 1. The smallest absolute Gasteiger partial charge is 0.225 e. The minimum Gasteiger partial charge on any atom is -0.352 e. The summed E-state index contributed by atoms with van der Waals surface area (Å²) >= 11 is 0. The van der Waals surface area contributed by atoms with Gasteiger partial charge in [0.05, 0.1) is 5.92 Å². The molecule has 0 aliphatic carbocycles. The normalized spacial score (nSPS) is 25.2. The van der Waals surface area contributed by atoms with Crippen molar-refractivity contribution in [1.82, 2.24) is 10.2 Å². The molecule has 136 valence electrons. The largest absolute Gasteiger partial charge is 0.352 e. The van der Waals surface area contributed by atoms with Crippen LogP contribution in [0, 0.1) is 17.6 Å². The Bertz CT molecular complexity index is 776. The van der Waals surface area contributed by atoms with Crippen LogP contribution in [0.3, 0.4) is 0 Å². The van der Waals surface area contributed by atoms with Crippen LogP contribution in [0.4, 0.5) is 8.78 Å². The van der Waals surface area contributed by atoms with Crippen LogP contribution >= 0.6 is 0 Å². The van der Waals surface area contributed by atoms with Crippen LogP contribution in [0.5, 0.6) is 0 Å². The fourth-order valence-electron chi connectivity index (χ4n) is 4.48. The molecule has 2 saturated heterocycles. The molecule has 2 aliphatic heterocycles. The van der Waals surface area contributed by atoms with Gasteiger partial charge in [-0.05, 0) is 49.1 Å². The van der Waals surface area contributed by atoms with Crippen LogP contribution in [-0.2, 0) is 11.3 Å². The van der Waals surface area contributed by atoms with E-state index < -0.39 is 11.6 Å². The average Bonchev–Trinajstić information content (AvgIpc) is 3.22. The fourth-order valence-corrected chi connectivity index (χ4v) is 4.48. The predicted octanol–water partition coefficient (Wildman–Crippen LogP) is 3.81. The highest BCUT2D eigenvalue weighted by molar-refractivity contribution is 5.80. The van der Waals surface area contributed by atoms with Crippen LogP contribution < -0.4 is 5.32 Å². The minimum atomic E-state index is -0.624. The van der Waals surface area contributed by atoms with Gasteiger partial charge < -0.3 is 5.32 Å². The van der Waals surface area contributed by atoms with Crippen LogP contribution in [0.2, 0.25) is 0 Å². The monoisotopic (exact) mass is 356 g/mol. The lowest BCUT2D eigenvalue weighted by Gasteiger charge is -2.24. The molecule has 2 heterocycles. The molecule has 5 heteroatoms. The molecular weight excluding hydrogens is 334 g/mol. The zero-order chi connectivity index (χ0) is 18.1. The Morgan fingerprint density at radius 3 is 2.58 bits per heavy atom. The van der Waals surface area contributed by atoms with Crippen molar-refractivity contribution in [2.45, 2.75) is 37.9 Å². The van der Waals surface area contributed by atoms with Gasteiger partial charge in [-0.25, -0.2) is 8.78 Å². The highest BCUT2D eigenvalue weighted by Gasteiger charge is 2.46. The number of amides is 1. The first-order valence-electron chi connectivity index (χ1n) is 9.15. The third kappa shape index (κ3) is 3.36. The summed E-state index contributed by atoms with van der Waals surface area (Å²) in [6, 6.07) is 14.2. The summed E-state index contributed by atoms with van der Waals surface area (Å²) in [4.78, 5) is 15.2. The molecule has 0 saturated carbocycles. The van der Waals surface area contributed by atoms with Gasteiger partial charge in [0.1, 0.15) is 11.6 Å². The van der Waals surface area contributed by atoms with E-state index in [-0.39, 0.29) is 30.5 Å². The second-order valence-corrected chi connectivity index (χ2v) is 7.21. The minimum absolute atomic E-state index is 0.0231. The van der Waals surface area contributed by atoms with Crippen molar-refractivity contribution in [3.63, 3.8) is 0 Å². The first-order valence-corrected chi connectivity index (χ1v) is 9.15. The van der Waals surface area contributed by atoms with Gasteiger partial charge in [0, 0.05) is 24.7 Å². The van der Waals surface area contributed by atoms with E-state index in [0.29, 0.717) is 5.56 Å². The summed E-state index contributed by atoms with van der Waals surface area (Å²) in [5.74, 6) is -1.35. The molecule has 26 heavy (non-hydrogen) atoms. The first kappa shape index (κ1) is 17.2. The molecule has 4 rings (SSSR count). The van der Waals surface area contributed by atoms with Crippen molar-refractivity contribution in [2.24, 2.45) is 5.92 Å². The van der Waals surface area contributed by atoms with Crippen molar-refractivity contribution in [1.29, 1.82) is 0 Å². The fraction of sp³-hybridized carbons (Fsp3) is 0.381. The zero-order valence-electron chi connectivity index (χ0n) is 14.5. The lowest BCUT2D eigenvalue weighted by Crippen LogP contribution is -2.37. The average molecular weight is 356 g/mol. The number of hydrogen-bond acceptors (Lipinski definition) is 2. The van der Waals surface area contributed by atoms with Crippen LogP contribution in [-0.4, -0.2) is 23.4 Å². The van der Waals surface area contributed by atoms with E-state index >= 15 is 0 Å². The maximum atomic E-state index is 13.3. The third-order valence-electron chi connectivity index (χ3n) is 5.59. The highest BCUT2D eigenvalue weighted by atomic mass is 19.1. The number of carbonyl (C=O) groups is 1. The molecule has 0 bridgehead atoms. The number of halogens is 2. The van der Waals surface area contributed by atoms with Gasteiger partial charge >= 0.3 is 0 Å². The van der Waals surface area contributed by atoms with Crippen LogP contribution in [0.1, 0.15) is 36.4 Å². The topological polar surface area (TPSA) is 32.3 Å². The number of fused-ring (bicyclic) bond motifs is 1. The molecule has 0 spiro atoms. The Hall–Kier alpha value is -2.27. The quantitative estimate of drug-likeness (QED) is 0.904. The van der Waals surface area contributed by atoms with Crippen molar-refractivity contribution in [2.75, 3.05) is 6.54 Å². The molecule has 3 atom stereocenters. The van der Waals surface area contributed by atoms with Gasteiger partial charge in [-0.3, -0.25) is 9.69 Å². The number of rotatable bonds is 4. The Morgan fingerprint density at radius 1 is 1.12 bits per heavy atom. The van der Waals surface area contributed by atoms with Gasteiger partial charge in [-0.1, -0.05) is 30.3 Å². The molecule has 0 unspecified atom stereocenters. The van der Waals surface area contributed by atoms with Crippen molar-refractivity contribution < 1.29 is 13.6 Å². The van der Waals surface area contributed by atoms with E-state index in [1.54, 1.807) is 0 Å². The number of nitrogens with zero attached hydrogens (tertiary/aromatic N) is 1. The summed E-state index contributed by atoms with van der Waals surface area (Å²) in [6.45, 7) is 1.16. The summed E-state index contributed by atoms with van der Waals surface area (Å²) in [7, 11) is 0. The molecule has 0 aromatic heterocycles. The number of benzene rings is 2. The van der Waals surface area contributed by atoms with Gasteiger partial charge in [-0.2, -0.15) is 0 Å². The molecule has 2 aromatic carbocycles. The first-order chi connectivity index (χ1) is 12.6. The number of nitrogens with one attached hydrogen (secondary N) is 1. The van der Waals surface area contributed by atoms with E-state index in [9.17, 15) is 13.6 Å². The Kier molecular flexibility index (Phi) is 4.72. The second-order valence-electron chi connectivity index (χ2n) is 7.21. The molecule has 1 N–H and O–H groups in total. The van der Waals surface area contributed by atoms with Crippen LogP contribution in [0.15, 0.2) is 48.5 Å². The van der Waals surface area contributed by atoms with Gasteiger partial charge in [0.15, 0.2) is 0 Å². The molecule has 2 fully saturated rings. The molecule has 1 amide bonds. The van der Waals surface area contributed by atoms with Crippen LogP contribution in [0.25, 0.3) is 0 Å². The Balaban J connectivity index is 1.46. The van der Waals surface area contributed by atoms with Gasteiger partial charge in [-0.15, -0.1) is 0 Å². The molecule has 2 aliphatic rings. The Morgan fingerprint density at radius 2 is 1.85 bits per heavy atom. The molecule has 2 aromatic rings.